The lowest BCUT2D eigenvalue weighted by atomic mass is 9.94. The molecule has 0 saturated carbocycles. The van der Waals surface area contributed by atoms with E-state index < -0.39 is 23.8 Å². The third-order valence-electron chi connectivity index (χ3n) is 7.15. The van der Waals surface area contributed by atoms with Gasteiger partial charge in [-0.3, -0.25) is 0 Å². The number of anilines is 2. The molecule has 0 spiro atoms. The Hall–Kier alpha value is -4.55. The quantitative estimate of drug-likeness (QED) is 0.237. The van der Waals surface area contributed by atoms with Crippen molar-refractivity contribution in [1.82, 2.24) is 14.9 Å². The lowest BCUT2D eigenvalue weighted by Crippen LogP contribution is -2.41. The average molecular weight is 631 g/mol. The molecule has 1 saturated heterocycles. The number of likely N-dealkylation sites (tertiary alicyclic amines) is 1. The minimum atomic E-state index is -0.878. The Morgan fingerprint density at radius 2 is 1.53 bits per heavy atom. The monoisotopic (exact) mass is 630 g/mol. The number of nitrogens with one attached hydrogen (secondary N) is 1. The van der Waals surface area contributed by atoms with Crippen LogP contribution in [-0.4, -0.2) is 67.6 Å². The summed E-state index contributed by atoms with van der Waals surface area (Å²) in [6, 6.07) is 6.51. The Morgan fingerprint density at radius 3 is 2.11 bits per heavy atom. The third kappa shape index (κ3) is 8.99. The summed E-state index contributed by atoms with van der Waals surface area (Å²) >= 11 is 0. The summed E-state index contributed by atoms with van der Waals surface area (Å²) in [4.78, 5) is 22.5. The van der Waals surface area contributed by atoms with E-state index in [-0.39, 0.29) is 34.9 Å². The second kappa shape index (κ2) is 15.0. The largest absolute Gasteiger partial charge is 0.494 e. The lowest BCUT2D eigenvalue weighted by molar-refractivity contribution is 0.0177. The molecule has 2 heterocycles. The fourth-order valence-electron chi connectivity index (χ4n) is 4.73. The zero-order valence-electron chi connectivity index (χ0n) is 26.4. The summed E-state index contributed by atoms with van der Waals surface area (Å²) in [7, 11) is 4.11. The Kier molecular flexibility index (Phi) is 11.1. The number of nitrogens with zero attached hydrogens (tertiary/aromatic N) is 3. The smallest absolute Gasteiger partial charge is 0.410 e. The van der Waals surface area contributed by atoms with Crippen LogP contribution in [0.2, 0.25) is 0 Å². The molecule has 0 atom stereocenters. The topological polar surface area (TPSA) is 114 Å². The van der Waals surface area contributed by atoms with Gasteiger partial charge in [0.2, 0.25) is 5.95 Å². The number of hydrogen-bond acceptors (Lipinski definition) is 10. The molecule has 1 aliphatic rings. The molecule has 0 bridgehead atoms. The molecule has 3 aromatic rings. The van der Waals surface area contributed by atoms with Gasteiger partial charge in [-0.25, -0.2) is 23.5 Å². The van der Waals surface area contributed by atoms with Gasteiger partial charge < -0.3 is 38.6 Å². The zero-order valence-corrected chi connectivity index (χ0v) is 26.4. The Morgan fingerprint density at radius 1 is 0.911 bits per heavy atom. The first-order chi connectivity index (χ1) is 21.5. The molecule has 45 heavy (non-hydrogen) atoms. The van der Waals surface area contributed by atoms with E-state index in [0.717, 1.165) is 25.3 Å². The van der Waals surface area contributed by atoms with Crippen LogP contribution < -0.4 is 29.0 Å². The second-order valence-corrected chi connectivity index (χ2v) is 11.5. The molecular formula is C32H40F2N4O7. The highest BCUT2D eigenvalue weighted by molar-refractivity contribution is 5.68. The van der Waals surface area contributed by atoms with Crippen LogP contribution in [-0.2, 0) is 11.3 Å². The van der Waals surface area contributed by atoms with E-state index in [1.807, 2.05) is 26.8 Å². The number of rotatable bonds is 12. The number of ether oxygens (including phenoxy) is 6. The van der Waals surface area contributed by atoms with Gasteiger partial charge >= 0.3 is 6.09 Å². The van der Waals surface area contributed by atoms with Crippen molar-refractivity contribution in [1.29, 1.82) is 0 Å². The van der Waals surface area contributed by atoms with Crippen LogP contribution in [0.15, 0.2) is 36.7 Å². The lowest BCUT2D eigenvalue weighted by Gasteiger charge is -2.33. The number of carbonyl (C=O) groups is 1. The predicted molar refractivity (Wildman–Crippen MR) is 163 cm³/mol. The minimum absolute atomic E-state index is 0.160. The first-order valence-corrected chi connectivity index (χ1v) is 14.6. The van der Waals surface area contributed by atoms with Gasteiger partial charge in [0.15, 0.2) is 40.4 Å². The first kappa shape index (κ1) is 33.3. The molecule has 244 valence electrons. The van der Waals surface area contributed by atoms with Gasteiger partial charge in [0.1, 0.15) is 12.2 Å². The van der Waals surface area contributed by atoms with Crippen molar-refractivity contribution in [3.8, 4) is 28.7 Å². The molecule has 1 amide bonds. The molecular weight excluding hydrogens is 590 g/mol. The van der Waals surface area contributed by atoms with Gasteiger partial charge in [0.05, 0.1) is 45.9 Å². The van der Waals surface area contributed by atoms with Gasteiger partial charge in [-0.05, 0) is 58.1 Å². The molecule has 1 N–H and O–H groups in total. The van der Waals surface area contributed by atoms with Gasteiger partial charge in [-0.1, -0.05) is 0 Å². The van der Waals surface area contributed by atoms with Crippen LogP contribution in [0.25, 0.3) is 0 Å². The van der Waals surface area contributed by atoms with Crippen molar-refractivity contribution in [2.45, 2.75) is 52.2 Å². The normalized spacial score (nSPS) is 13.6. The summed E-state index contributed by atoms with van der Waals surface area (Å²) in [5, 5.41) is 3.08. The summed E-state index contributed by atoms with van der Waals surface area (Å²) in [6.07, 6.45) is 5.17. The van der Waals surface area contributed by atoms with E-state index in [0.29, 0.717) is 42.8 Å². The maximum atomic E-state index is 14.6. The number of amides is 1. The molecule has 0 unspecified atom stereocenters. The minimum Gasteiger partial charge on any atom is -0.494 e. The van der Waals surface area contributed by atoms with Crippen LogP contribution in [0, 0.1) is 17.6 Å². The summed E-state index contributed by atoms with van der Waals surface area (Å²) in [5.74, 6) is 0.00291. The maximum Gasteiger partial charge on any atom is 0.410 e. The van der Waals surface area contributed by atoms with Gasteiger partial charge in [-0.2, -0.15) is 0 Å². The number of aromatic nitrogens is 2. The Bertz CT molecular complexity index is 1410. The van der Waals surface area contributed by atoms with Crippen LogP contribution in [0.5, 0.6) is 28.7 Å². The van der Waals surface area contributed by atoms with Crippen molar-refractivity contribution >= 4 is 17.7 Å². The van der Waals surface area contributed by atoms with Crippen molar-refractivity contribution in [3.63, 3.8) is 0 Å². The zero-order chi connectivity index (χ0) is 32.6. The fraction of sp³-hybridized carbons (Fsp3) is 0.469. The molecule has 4 rings (SSSR count). The van der Waals surface area contributed by atoms with Crippen molar-refractivity contribution < 1.29 is 42.0 Å². The summed E-state index contributed by atoms with van der Waals surface area (Å²) in [6.45, 7) is 7.04. The van der Waals surface area contributed by atoms with E-state index in [2.05, 4.69) is 15.3 Å². The summed E-state index contributed by atoms with van der Waals surface area (Å²) in [5.41, 5.74) is -0.181. The number of piperidine rings is 1. The van der Waals surface area contributed by atoms with Crippen molar-refractivity contribution in [3.05, 3.63) is 53.9 Å². The summed E-state index contributed by atoms with van der Waals surface area (Å²) < 4.78 is 61.7. The number of carbonyl (C=O) groups excluding carboxylic acids is 1. The highest BCUT2D eigenvalue weighted by Gasteiger charge is 2.27. The van der Waals surface area contributed by atoms with Crippen molar-refractivity contribution in [2.24, 2.45) is 5.92 Å². The second-order valence-electron chi connectivity index (χ2n) is 11.5. The van der Waals surface area contributed by atoms with E-state index >= 15 is 0 Å². The number of benzene rings is 2. The van der Waals surface area contributed by atoms with Gasteiger partial charge in [0.25, 0.3) is 0 Å². The van der Waals surface area contributed by atoms with Crippen LogP contribution in [0.3, 0.4) is 0 Å². The molecule has 11 nitrogen and oxygen atoms in total. The average Bonchev–Trinajstić information content (AvgIpc) is 3.02. The Balaban J connectivity index is 1.27. The van der Waals surface area contributed by atoms with Gasteiger partial charge in [0, 0.05) is 30.9 Å². The fourth-order valence-corrected chi connectivity index (χ4v) is 4.73. The van der Waals surface area contributed by atoms with Gasteiger partial charge in [-0.15, -0.1) is 0 Å². The number of methoxy groups -OCH3 is 3. The number of hydrogen-bond donors (Lipinski definition) is 1. The molecule has 0 radical (unpaired) electrons. The predicted octanol–water partition coefficient (Wildman–Crippen LogP) is 6.52. The first-order valence-electron chi connectivity index (χ1n) is 14.6. The highest BCUT2D eigenvalue weighted by Crippen LogP contribution is 2.33. The van der Waals surface area contributed by atoms with E-state index in [4.69, 9.17) is 28.4 Å². The van der Waals surface area contributed by atoms with Crippen LogP contribution in [0.1, 0.15) is 45.6 Å². The van der Waals surface area contributed by atoms with Crippen LogP contribution in [0.4, 0.5) is 25.2 Å². The maximum absolute atomic E-state index is 14.6. The number of halogens is 2. The molecule has 0 aliphatic carbocycles. The molecule has 2 aromatic carbocycles. The third-order valence-corrected chi connectivity index (χ3v) is 7.15. The van der Waals surface area contributed by atoms with Crippen molar-refractivity contribution in [2.75, 3.05) is 46.3 Å². The molecule has 1 aromatic heterocycles. The standard InChI is InChI=1S/C32H40F2N4O7/c1-32(2,3)45-31(39)38-12-9-20(10-13-38)11-14-43-24-8-7-21(15-25(24)40-4)37-30-35-17-22(18-36-30)44-19-23-28(33)26(41-5)16-27(42-6)29(23)34/h7-8,15-18,20H,9-14,19H2,1-6H3,(H,35,36,37). The molecule has 13 heteroatoms. The van der Waals surface area contributed by atoms with E-state index in [9.17, 15) is 13.6 Å². The Labute approximate surface area is 261 Å². The van der Waals surface area contributed by atoms with Crippen LogP contribution >= 0.6 is 0 Å². The van der Waals surface area contributed by atoms with E-state index in [1.165, 1.54) is 26.6 Å². The highest BCUT2D eigenvalue weighted by atomic mass is 19.1. The SMILES string of the molecule is COc1cc(Nc2ncc(OCc3c(F)c(OC)cc(OC)c3F)cn2)ccc1OCCC1CCN(C(=O)OC(C)(C)C)CC1. The van der Waals surface area contributed by atoms with E-state index in [1.54, 1.807) is 24.1 Å². The molecule has 1 fully saturated rings. The molecule has 1 aliphatic heterocycles.